The molecule has 0 radical (unpaired) electrons. The molecule has 1 aliphatic carbocycles. The molecule has 1 atom stereocenters. The Morgan fingerprint density at radius 3 is 2.36 bits per heavy atom. The SMILES string of the molecule is CN(C)C(C(Br)=C=O)C1CCCCC1. The van der Waals surface area contributed by atoms with E-state index >= 15 is 0 Å². The molecule has 0 heterocycles. The van der Waals surface area contributed by atoms with Crippen molar-refractivity contribution in [2.45, 2.75) is 38.1 Å². The van der Waals surface area contributed by atoms with Gasteiger partial charge in [0, 0.05) is 0 Å². The number of likely N-dealkylation sites (N-methyl/N-ethyl adjacent to an activating group) is 1. The molecule has 1 rings (SSSR count). The number of rotatable bonds is 3. The first-order chi connectivity index (χ1) is 6.66. The average molecular weight is 260 g/mol. The molecule has 0 bridgehead atoms. The van der Waals surface area contributed by atoms with E-state index in [9.17, 15) is 4.79 Å². The van der Waals surface area contributed by atoms with Crippen molar-refractivity contribution in [2.24, 2.45) is 5.92 Å². The van der Waals surface area contributed by atoms with Crippen molar-refractivity contribution in [2.75, 3.05) is 14.1 Å². The zero-order valence-electron chi connectivity index (χ0n) is 8.92. The second-order valence-electron chi connectivity index (χ2n) is 4.26. The standard InChI is InChI=1S/C11H18BrNO/c1-13(2)11(10(12)8-14)9-6-4-3-5-7-9/h9,11H,3-7H2,1-2H3. The summed E-state index contributed by atoms with van der Waals surface area (Å²) in [6.45, 7) is 0. The van der Waals surface area contributed by atoms with Gasteiger partial charge in [0.15, 0.2) is 0 Å². The molecule has 3 heteroatoms. The van der Waals surface area contributed by atoms with Gasteiger partial charge in [0.05, 0.1) is 10.5 Å². The highest BCUT2D eigenvalue weighted by atomic mass is 79.9. The van der Waals surface area contributed by atoms with Crippen LogP contribution in [0, 0.1) is 5.92 Å². The fourth-order valence-corrected chi connectivity index (χ4v) is 3.15. The van der Waals surface area contributed by atoms with E-state index in [0.717, 1.165) is 0 Å². The summed E-state index contributed by atoms with van der Waals surface area (Å²) >= 11 is 3.33. The fourth-order valence-electron chi connectivity index (χ4n) is 2.37. The minimum atomic E-state index is 0.229. The second kappa shape index (κ2) is 5.69. The van der Waals surface area contributed by atoms with Crippen molar-refractivity contribution >= 4 is 21.9 Å². The number of carbonyl (C=O) groups excluding carboxylic acids is 1. The van der Waals surface area contributed by atoms with Crippen LogP contribution in [0.15, 0.2) is 4.48 Å². The summed E-state index contributed by atoms with van der Waals surface area (Å²) in [6, 6.07) is 0.229. The summed E-state index contributed by atoms with van der Waals surface area (Å²) in [4.78, 5) is 12.8. The normalized spacial score (nSPS) is 20.6. The van der Waals surface area contributed by atoms with Crippen molar-refractivity contribution in [1.82, 2.24) is 4.90 Å². The highest BCUT2D eigenvalue weighted by molar-refractivity contribution is 9.12. The maximum Gasteiger partial charge on any atom is 0.137 e. The molecule has 1 saturated carbocycles. The van der Waals surface area contributed by atoms with Crippen LogP contribution in [-0.2, 0) is 4.79 Å². The molecule has 1 fully saturated rings. The van der Waals surface area contributed by atoms with Crippen molar-refractivity contribution in [3.05, 3.63) is 4.48 Å². The van der Waals surface area contributed by atoms with Gasteiger partial charge in [-0.25, -0.2) is 4.79 Å². The molecule has 2 nitrogen and oxygen atoms in total. The molecule has 80 valence electrons. The van der Waals surface area contributed by atoms with E-state index in [0.29, 0.717) is 10.4 Å². The molecule has 0 N–H and O–H groups in total. The van der Waals surface area contributed by atoms with E-state index in [1.165, 1.54) is 32.1 Å². The van der Waals surface area contributed by atoms with E-state index in [1.54, 1.807) is 0 Å². The summed E-state index contributed by atoms with van der Waals surface area (Å²) in [6.07, 6.45) is 6.42. The van der Waals surface area contributed by atoms with Crippen LogP contribution in [0.25, 0.3) is 0 Å². The first kappa shape index (κ1) is 12.0. The van der Waals surface area contributed by atoms with E-state index < -0.39 is 0 Å². The maximum atomic E-state index is 10.7. The minimum absolute atomic E-state index is 0.229. The number of halogens is 1. The van der Waals surface area contributed by atoms with Crippen LogP contribution < -0.4 is 0 Å². The minimum Gasteiger partial charge on any atom is -0.301 e. The zero-order chi connectivity index (χ0) is 10.6. The predicted molar refractivity (Wildman–Crippen MR) is 62.2 cm³/mol. The Balaban J connectivity index is 2.70. The molecule has 14 heavy (non-hydrogen) atoms. The largest absolute Gasteiger partial charge is 0.301 e. The van der Waals surface area contributed by atoms with Gasteiger partial charge < -0.3 is 4.90 Å². The third-order valence-corrected chi connectivity index (χ3v) is 3.64. The van der Waals surface area contributed by atoms with E-state index in [-0.39, 0.29) is 6.04 Å². The molecule has 0 aliphatic heterocycles. The van der Waals surface area contributed by atoms with Crippen molar-refractivity contribution in [3.8, 4) is 0 Å². The van der Waals surface area contributed by atoms with Crippen LogP contribution in [0.1, 0.15) is 32.1 Å². The number of nitrogens with zero attached hydrogens (tertiary/aromatic N) is 1. The van der Waals surface area contributed by atoms with Gasteiger partial charge in [0.25, 0.3) is 0 Å². The Morgan fingerprint density at radius 1 is 1.36 bits per heavy atom. The Kier molecular flexibility index (Phi) is 4.86. The zero-order valence-corrected chi connectivity index (χ0v) is 10.5. The average Bonchev–Trinajstić information content (AvgIpc) is 2.19. The molecule has 1 unspecified atom stereocenters. The highest BCUT2D eigenvalue weighted by Crippen LogP contribution is 2.32. The number of hydrogen-bond donors (Lipinski definition) is 0. The van der Waals surface area contributed by atoms with Crippen molar-refractivity contribution in [1.29, 1.82) is 0 Å². The molecule has 0 amide bonds. The lowest BCUT2D eigenvalue weighted by Gasteiger charge is -2.33. The predicted octanol–water partition coefficient (Wildman–Crippen LogP) is 2.61. The Bertz CT molecular complexity index is 227. The maximum absolute atomic E-state index is 10.7. The van der Waals surface area contributed by atoms with Gasteiger partial charge in [-0.2, -0.15) is 0 Å². The van der Waals surface area contributed by atoms with Gasteiger partial charge in [-0.05, 0) is 48.8 Å². The lowest BCUT2D eigenvalue weighted by atomic mass is 9.83. The van der Waals surface area contributed by atoms with Gasteiger partial charge >= 0.3 is 0 Å². The van der Waals surface area contributed by atoms with E-state index in [1.807, 2.05) is 20.0 Å². The molecule has 0 aromatic heterocycles. The van der Waals surface area contributed by atoms with Gasteiger partial charge in [0.1, 0.15) is 5.94 Å². The monoisotopic (exact) mass is 259 g/mol. The molecule has 0 aromatic rings. The van der Waals surface area contributed by atoms with Crippen molar-refractivity contribution < 1.29 is 4.79 Å². The summed E-state index contributed by atoms with van der Waals surface area (Å²) in [5.74, 6) is 2.61. The summed E-state index contributed by atoms with van der Waals surface area (Å²) in [7, 11) is 4.05. The Labute approximate surface area is 94.5 Å². The van der Waals surface area contributed by atoms with Crippen LogP contribution in [0.2, 0.25) is 0 Å². The fraction of sp³-hybridized carbons (Fsp3) is 0.818. The second-order valence-corrected chi connectivity index (χ2v) is 5.11. The molecule has 1 aliphatic rings. The van der Waals surface area contributed by atoms with Crippen LogP contribution in [0.3, 0.4) is 0 Å². The van der Waals surface area contributed by atoms with Crippen LogP contribution in [-0.4, -0.2) is 31.0 Å². The first-order valence-corrected chi connectivity index (χ1v) is 6.03. The highest BCUT2D eigenvalue weighted by Gasteiger charge is 2.27. The Hall–Kier alpha value is -0.110. The summed E-state index contributed by atoms with van der Waals surface area (Å²) in [5, 5.41) is 0. The van der Waals surface area contributed by atoms with Crippen LogP contribution in [0.4, 0.5) is 0 Å². The third-order valence-electron chi connectivity index (χ3n) is 3.01. The quantitative estimate of drug-likeness (QED) is 0.727. The molecular formula is C11H18BrNO. The lowest BCUT2D eigenvalue weighted by Crippen LogP contribution is -2.36. The van der Waals surface area contributed by atoms with Gasteiger partial charge in [-0.3, -0.25) is 0 Å². The Morgan fingerprint density at radius 2 is 1.93 bits per heavy atom. The van der Waals surface area contributed by atoms with Crippen molar-refractivity contribution in [3.63, 3.8) is 0 Å². The third kappa shape index (κ3) is 2.94. The van der Waals surface area contributed by atoms with Crippen LogP contribution >= 0.6 is 15.9 Å². The first-order valence-electron chi connectivity index (χ1n) is 5.23. The topological polar surface area (TPSA) is 20.3 Å². The van der Waals surface area contributed by atoms with Crippen LogP contribution in [0.5, 0.6) is 0 Å². The van der Waals surface area contributed by atoms with E-state index in [2.05, 4.69) is 20.8 Å². The van der Waals surface area contributed by atoms with Gasteiger partial charge in [-0.1, -0.05) is 19.3 Å². The lowest BCUT2D eigenvalue weighted by molar-refractivity contribution is 0.206. The smallest absolute Gasteiger partial charge is 0.137 e. The molecule has 0 aromatic carbocycles. The molecule has 0 spiro atoms. The van der Waals surface area contributed by atoms with Gasteiger partial charge in [0.2, 0.25) is 0 Å². The van der Waals surface area contributed by atoms with E-state index in [4.69, 9.17) is 0 Å². The molecule has 0 saturated heterocycles. The molecular weight excluding hydrogens is 242 g/mol. The summed E-state index contributed by atoms with van der Waals surface area (Å²) < 4.78 is 0.675. The van der Waals surface area contributed by atoms with Gasteiger partial charge in [-0.15, -0.1) is 0 Å². The number of hydrogen-bond acceptors (Lipinski definition) is 2. The summed E-state index contributed by atoms with van der Waals surface area (Å²) in [5.41, 5.74) is 0.